The molecule has 3 heterocycles. The maximum atomic E-state index is 13.1. The summed E-state index contributed by atoms with van der Waals surface area (Å²) in [7, 11) is 0. The Bertz CT molecular complexity index is 861. The molecule has 1 aromatic heterocycles. The van der Waals surface area contributed by atoms with Crippen LogP contribution in [0.25, 0.3) is 0 Å². The fourth-order valence-electron chi connectivity index (χ4n) is 4.46. The van der Waals surface area contributed by atoms with E-state index in [1.54, 1.807) is 11.3 Å². The lowest BCUT2D eigenvalue weighted by Gasteiger charge is -2.37. The lowest BCUT2D eigenvalue weighted by molar-refractivity contribution is -0.140. The molecule has 7 heteroatoms. The highest BCUT2D eigenvalue weighted by atomic mass is 32.1. The van der Waals surface area contributed by atoms with Crippen molar-refractivity contribution >= 4 is 28.8 Å². The number of para-hydroxylation sites is 1. The molecule has 4 rings (SSSR count). The molecule has 160 valence electrons. The summed E-state index contributed by atoms with van der Waals surface area (Å²) in [5.74, 6) is 0.202. The molecule has 2 saturated heterocycles. The van der Waals surface area contributed by atoms with Crippen LogP contribution in [0.5, 0.6) is 0 Å². The normalized spacial score (nSPS) is 20.8. The lowest BCUT2D eigenvalue weighted by Crippen LogP contribution is -2.48. The summed E-state index contributed by atoms with van der Waals surface area (Å²) < 4.78 is 0. The molecular formula is C23H30N4O2S. The molecule has 0 spiro atoms. The zero-order valence-corrected chi connectivity index (χ0v) is 18.4. The van der Waals surface area contributed by atoms with Crippen LogP contribution >= 0.6 is 11.3 Å². The number of thiazole rings is 1. The number of nitrogens with one attached hydrogen (secondary N) is 1. The van der Waals surface area contributed by atoms with Gasteiger partial charge in [0.05, 0.1) is 16.6 Å². The summed E-state index contributed by atoms with van der Waals surface area (Å²) in [5, 5.41) is 6.22. The molecule has 0 radical (unpaired) electrons. The van der Waals surface area contributed by atoms with Crippen LogP contribution in [-0.4, -0.2) is 52.8 Å². The Kier molecular flexibility index (Phi) is 6.79. The van der Waals surface area contributed by atoms with E-state index in [9.17, 15) is 9.59 Å². The first-order valence-electron chi connectivity index (χ1n) is 10.9. The van der Waals surface area contributed by atoms with Gasteiger partial charge in [-0.3, -0.25) is 14.5 Å². The summed E-state index contributed by atoms with van der Waals surface area (Å²) >= 11 is 1.69. The van der Waals surface area contributed by atoms with E-state index >= 15 is 0 Å². The molecule has 2 aromatic rings. The average Bonchev–Trinajstić information content (AvgIpc) is 3.19. The van der Waals surface area contributed by atoms with Crippen LogP contribution in [0.3, 0.4) is 0 Å². The van der Waals surface area contributed by atoms with Gasteiger partial charge in [0.2, 0.25) is 11.8 Å². The van der Waals surface area contributed by atoms with Gasteiger partial charge in [0.25, 0.3) is 0 Å². The standard InChI is InChI=1S/C23H30N4O2S/c1-17-24-21(16-30-17)15-26-12-9-18(10-13-26)23(29)27-11-5-6-19(14-27)22(28)25-20-7-3-2-4-8-20/h2-4,7-8,16,18-19H,5-6,9-15H2,1H3,(H,25,28). The molecule has 2 amide bonds. The van der Waals surface area contributed by atoms with Crippen LogP contribution in [0, 0.1) is 18.8 Å². The topological polar surface area (TPSA) is 65.5 Å². The predicted molar refractivity (Wildman–Crippen MR) is 119 cm³/mol. The van der Waals surface area contributed by atoms with Gasteiger partial charge < -0.3 is 10.2 Å². The summed E-state index contributed by atoms with van der Waals surface area (Å²) in [6, 6.07) is 9.54. The Balaban J connectivity index is 1.26. The number of carbonyl (C=O) groups is 2. The second kappa shape index (κ2) is 9.71. The number of aryl methyl sites for hydroxylation is 1. The molecule has 0 bridgehead atoms. The highest BCUT2D eigenvalue weighted by Gasteiger charge is 2.33. The van der Waals surface area contributed by atoms with Gasteiger partial charge in [0.1, 0.15) is 0 Å². The van der Waals surface area contributed by atoms with Gasteiger partial charge >= 0.3 is 0 Å². The van der Waals surface area contributed by atoms with Crippen LogP contribution in [0.15, 0.2) is 35.7 Å². The Hall–Kier alpha value is -2.25. The number of hydrogen-bond acceptors (Lipinski definition) is 5. The maximum absolute atomic E-state index is 13.1. The van der Waals surface area contributed by atoms with Crippen LogP contribution in [0.2, 0.25) is 0 Å². The van der Waals surface area contributed by atoms with E-state index < -0.39 is 0 Å². The Morgan fingerprint density at radius 2 is 1.87 bits per heavy atom. The van der Waals surface area contributed by atoms with Crippen molar-refractivity contribution in [1.82, 2.24) is 14.8 Å². The van der Waals surface area contributed by atoms with Gasteiger partial charge in [-0.15, -0.1) is 11.3 Å². The van der Waals surface area contributed by atoms with Crippen molar-refractivity contribution < 1.29 is 9.59 Å². The van der Waals surface area contributed by atoms with E-state index in [1.165, 1.54) is 0 Å². The van der Waals surface area contributed by atoms with Crippen molar-refractivity contribution in [2.75, 3.05) is 31.5 Å². The quantitative estimate of drug-likeness (QED) is 0.794. The fourth-order valence-corrected chi connectivity index (χ4v) is 5.07. The van der Waals surface area contributed by atoms with Gasteiger partial charge in [-0.1, -0.05) is 18.2 Å². The predicted octanol–water partition coefficient (Wildman–Crippen LogP) is 3.54. The number of nitrogens with zero attached hydrogens (tertiary/aromatic N) is 3. The van der Waals surface area contributed by atoms with Crippen molar-refractivity contribution in [3.05, 3.63) is 46.4 Å². The number of hydrogen-bond donors (Lipinski definition) is 1. The Morgan fingerprint density at radius 3 is 2.57 bits per heavy atom. The zero-order valence-electron chi connectivity index (χ0n) is 17.5. The molecule has 30 heavy (non-hydrogen) atoms. The third kappa shape index (κ3) is 5.26. The van der Waals surface area contributed by atoms with Gasteiger partial charge in [-0.25, -0.2) is 4.98 Å². The van der Waals surface area contributed by atoms with Gasteiger partial charge in [0.15, 0.2) is 0 Å². The minimum atomic E-state index is -0.129. The number of amides is 2. The minimum absolute atomic E-state index is 0.0204. The van der Waals surface area contributed by atoms with E-state index in [2.05, 4.69) is 20.6 Å². The zero-order chi connectivity index (χ0) is 20.9. The molecule has 6 nitrogen and oxygen atoms in total. The second-order valence-corrected chi connectivity index (χ2v) is 9.45. The fraction of sp³-hybridized carbons (Fsp3) is 0.522. The third-order valence-corrected chi connectivity index (χ3v) is 6.96. The SMILES string of the molecule is Cc1nc(CN2CCC(C(=O)N3CCCC(C(=O)Nc4ccccc4)C3)CC2)cs1. The summed E-state index contributed by atoms with van der Waals surface area (Å²) in [6.07, 6.45) is 3.51. The highest BCUT2D eigenvalue weighted by molar-refractivity contribution is 7.09. The average molecular weight is 427 g/mol. The first-order valence-corrected chi connectivity index (χ1v) is 11.7. The molecule has 0 aliphatic carbocycles. The lowest BCUT2D eigenvalue weighted by atomic mass is 9.91. The van der Waals surface area contributed by atoms with E-state index in [0.29, 0.717) is 6.54 Å². The molecule has 1 atom stereocenters. The van der Waals surface area contributed by atoms with E-state index in [1.807, 2.05) is 42.2 Å². The first kappa shape index (κ1) is 21.0. The molecule has 2 aliphatic heterocycles. The van der Waals surface area contributed by atoms with E-state index in [0.717, 1.165) is 68.3 Å². The van der Waals surface area contributed by atoms with Crippen molar-refractivity contribution in [1.29, 1.82) is 0 Å². The molecule has 2 aliphatic rings. The van der Waals surface area contributed by atoms with Gasteiger partial charge in [-0.05, 0) is 57.8 Å². The first-order chi connectivity index (χ1) is 14.6. The van der Waals surface area contributed by atoms with Crippen molar-refractivity contribution in [3.63, 3.8) is 0 Å². The minimum Gasteiger partial charge on any atom is -0.342 e. The number of carbonyl (C=O) groups excluding carboxylic acids is 2. The number of rotatable bonds is 5. The summed E-state index contributed by atoms with van der Waals surface area (Å²) in [4.78, 5) is 34.7. The van der Waals surface area contributed by atoms with Crippen LogP contribution < -0.4 is 5.32 Å². The van der Waals surface area contributed by atoms with Crippen LogP contribution in [0.1, 0.15) is 36.4 Å². The molecule has 2 fully saturated rings. The van der Waals surface area contributed by atoms with E-state index in [4.69, 9.17) is 0 Å². The maximum Gasteiger partial charge on any atom is 0.229 e. The van der Waals surface area contributed by atoms with Gasteiger partial charge in [0, 0.05) is 36.6 Å². The summed E-state index contributed by atoms with van der Waals surface area (Å²) in [6.45, 7) is 6.07. The van der Waals surface area contributed by atoms with Gasteiger partial charge in [-0.2, -0.15) is 0 Å². The number of likely N-dealkylation sites (tertiary alicyclic amines) is 2. The molecule has 1 aromatic carbocycles. The van der Waals surface area contributed by atoms with E-state index in [-0.39, 0.29) is 23.7 Å². The number of aromatic nitrogens is 1. The highest BCUT2D eigenvalue weighted by Crippen LogP contribution is 2.25. The smallest absolute Gasteiger partial charge is 0.229 e. The third-order valence-electron chi connectivity index (χ3n) is 6.13. The van der Waals surface area contributed by atoms with Crippen LogP contribution in [-0.2, 0) is 16.1 Å². The number of benzene rings is 1. The number of anilines is 1. The summed E-state index contributed by atoms with van der Waals surface area (Å²) in [5.41, 5.74) is 1.94. The largest absolute Gasteiger partial charge is 0.342 e. The molecule has 0 saturated carbocycles. The Labute approximate surface area is 182 Å². The molecular weight excluding hydrogens is 396 g/mol. The monoisotopic (exact) mass is 426 g/mol. The van der Waals surface area contributed by atoms with Crippen molar-refractivity contribution in [2.24, 2.45) is 11.8 Å². The number of piperidine rings is 2. The molecule has 1 N–H and O–H groups in total. The van der Waals surface area contributed by atoms with Crippen LogP contribution in [0.4, 0.5) is 5.69 Å². The molecule has 1 unspecified atom stereocenters. The van der Waals surface area contributed by atoms with Crippen molar-refractivity contribution in [3.8, 4) is 0 Å². The Morgan fingerprint density at radius 1 is 1.10 bits per heavy atom. The van der Waals surface area contributed by atoms with Crippen molar-refractivity contribution in [2.45, 2.75) is 39.2 Å². The second-order valence-electron chi connectivity index (χ2n) is 8.39.